The summed E-state index contributed by atoms with van der Waals surface area (Å²) < 4.78 is 10.5. The predicted octanol–water partition coefficient (Wildman–Crippen LogP) is 3.96. The molecule has 0 fully saturated rings. The predicted molar refractivity (Wildman–Crippen MR) is 81.0 cm³/mol. The Bertz CT molecular complexity index is 490. The molecule has 0 aliphatic carbocycles. The maximum Gasteiger partial charge on any atom is 0.118 e. The zero-order valence-electron chi connectivity index (χ0n) is 12.4. The number of benzene rings is 1. The minimum absolute atomic E-state index is 0.326. The van der Waals surface area contributed by atoms with Gasteiger partial charge in [-0.2, -0.15) is 0 Å². The first kappa shape index (κ1) is 14.7. The normalized spacial score (nSPS) is 13.9. The number of ether oxygens (including phenoxy) is 1. The smallest absolute Gasteiger partial charge is 0.118 e. The van der Waals surface area contributed by atoms with Crippen LogP contribution < -0.4 is 10.1 Å². The highest BCUT2D eigenvalue weighted by Crippen LogP contribution is 2.18. The summed E-state index contributed by atoms with van der Waals surface area (Å²) >= 11 is 0. The monoisotopic (exact) mass is 273 g/mol. The van der Waals surface area contributed by atoms with Gasteiger partial charge < -0.3 is 14.5 Å². The number of nitrogens with one attached hydrogen (secondary N) is 1. The first-order valence-electron chi connectivity index (χ1n) is 7.11. The number of aryl methyl sites for hydroxylation is 1. The van der Waals surface area contributed by atoms with Crippen LogP contribution in [0.5, 0.6) is 5.75 Å². The van der Waals surface area contributed by atoms with E-state index in [4.69, 9.17) is 9.15 Å². The summed E-state index contributed by atoms with van der Waals surface area (Å²) in [5.41, 5.74) is 1.27. The molecule has 3 heteroatoms. The summed E-state index contributed by atoms with van der Waals surface area (Å²) in [5, 5.41) is 3.61. The Morgan fingerprint density at radius 3 is 2.50 bits per heavy atom. The molecular weight excluding hydrogens is 250 g/mol. The minimum atomic E-state index is 0.326. The third-order valence-corrected chi connectivity index (χ3v) is 3.55. The summed E-state index contributed by atoms with van der Waals surface area (Å²) in [5.74, 6) is 1.95. The maximum atomic E-state index is 5.36. The van der Waals surface area contributed by atoms with Crippen LogP contribution in [0.15, 0.2) is 47.1 Å². The third kappa shape index (κ3) is 4.14. The molecule has 0 saturated heterocycles. The standard InChI is InChI=1S/C17H23NO2/c1-13(6-9-17-5-4-12-20-17)18-14(2)15-7-10-16(19-3)11-8-15/h4-5,7-8,10-14,18H,6,9H2,1-3H3. The van der Waals surface area contributed by atoms with Gasteiger partial charge in [0.1, 0.15) is 11.5 Å². The van der Waals surface area contributed by atoms with E-state index in [2.05, 4.69) is 31.3 Å². The second-order valence-corrected chi connectivity index (χ2v) is 5.18. The van der Waals surface area contributed by atoms with E-state index >= 15 is 0 Å². The average Bonchev–Trinajstić information content (AvgIpc) is 2.98. The van der Waals surface area contributed by atoms with Crippen LogP contribution >= 0.6 is 0 Å². The van der Waals surface area contributed by atoms with Gasteiger partial charge in [0, 0.05) is 18.5 Å². The molecule has 2 unspecified atom stereocenters. The molecular formula is C17H23NO2. The molecule has 0 spiro atoms. The van der Waals surface area contributed by atoms with Crippen LogP contribution in [-0.2, 0) is 6.42 Å². The molecule has 0 radical (unpaired) electrons. The molecule has 1 heterocycles. The van der Waals surface area contributed by atoms with E-state index in [1.54, 1.807) is 13.4 Å². The van der Waals surface area contributed by atoms with Crippen molar-refractivity contribution in [3.63, 3.8) is 0 Å². The van der Waals surface area contributed by atoms with Gasteiger partial charge in [-0.15, -0.1) is 0 Å². The SMILES string of the molecule is COc1ccc(C(C)NC(C)CCc2ccco2)cc1. The lowest BCUT2D eigenvalue weighted by Gasteiger charge is -2.20. The van der Waals surface area contributed by atoms with Gasteiger partial charge in [0.05, 0.1) is 13.4 Å². The van der Waals surface area contributed by atoms with Gasteiger partial charge in [-0.25, -0.2) is 0 Å². The summed E-state index contributed by atoms with van der Waals surface area (Å²) in [7, 11) is 1.69. The van der Waals surface area contributed by atoms with Crippen LogP contribution in [0.1, 0.15) is 37.6 Å². The topological polar surface area (TPSA) is 34.4 Å². The van der Waals surface area contributed by atoms with Crippen LogP contribution in [0.4, 0.5) is 0 Å². The molecule has 0 saturated carbocycles. The molecule has 0 bridgehead atoms. The van der Waals surface area contributed by atoms with Gasteiger partial charge in [-0.05, 0) is 50.1 Å². The van der Waals surface area contributed by atoms with Crippen molar-refractivity contribution in [3.05, 3.63) is 54.0 Å². The highest BCUT2D eigenvalue weighted by Gasteiger charge is 2.10. The molecule has 20 heavy (non-hydrogen) atoms. The van der Waals surface area contributed by atoms with Gasteiger partial charge >= 0.3 is 0 Å². The fraction of sp³-hybridized carbons (Fsp3) is 0.412. The van der Waals surface area contributed by atoms with E-state index in [1.165, 1.54) is 5.56 Å². The van der Waals surface area contributed by atoms with Crippen LogP contribution in [0.3, 0.4) is 0 Å². The van der Waals surface area contributed by atoms with Crippen molar-refractivity contribution in [2.45, 2.75) is 38.8 Å². The summed E-state index contributed by atoms with van der Waals surface area (Å²) in [6.07, 6.45) is 3.76. The molecule has 108 valence electrons. The van der Waals surface area contributed by atoms with Gasteiger partial charge in [-0.1, -0.05) is 12.1 Å². The van der Waals surface area contributed by atoms with Crippen molar-refractivity contribution in [2.24, 2.45) is 0 Å². The number of rotatable bonds is 7. The highest BCUT2D eigenvalue weighted by molar-refractivity contribution is 5.28. The second-order valence-electron chi connectivity index (χ2n) is 5.18. The largest absolute Gasteiger partial charge is 0.497 e. The highest BCUT2D eigenvalue weighted by atomic mass is 16.5. The van der Waals surface area contributed by atoms with Gasteiger partial charge in [0.15, 0.2) is 0 Å². The van der Waals surface area contributed by atoms with Crippen molar-refractivity contribution >= 4 is 0 Å². The van der Waals surface area contributed by atoms with Crippen molar-refractivity contribution in [1.82, 2.24) is 5.32 Å². The molecule has 1 N–H and O–H groups in total. The summed E-state index contributed by atoms with van der Waals surface area (Å²) in [6.45, 7) is 4.40. The molecule has 2 aromatic rings. The van der Waals surface area contributed by atoms with E-state index in [1.807, 2.05) is 24.3 Å². The van der Waals surface area contributed by atoms with Crippen LogP contribution in [0, 0.1) is 0 Å². The van der Waals surface area contributed by atoms with Gasteiger partial charge in [0.2, 0.25) is 0 Å². The lowest BCUT2D eigenvalue weighted by molar-refractivity contribution is 0.413. The van der Waals surface area contributed by atoms with Crippen molar-refractivity contribution in [2.75, 3.05) is 7.11 Å². The molecule has 0 amide bonds. The average molecular weight is 273 g/mol. The molecule has 0 aliphatic heterocycles. The van der Waals surface area contributed by atoms with E-state index < -0.39 is 0 Å². The van der Waals surface area contributed by atoms with E-state index in [-0.39, 0.29) is 0 Å². The Morgan fingerprint density at radius 2 is 1.90 bits per heavy atom. The quantitative estimate of drug-likeness (QED) is 0.829. The van der Waals surface area contributed by atoms with E-state index in [9.17, 15) is 0 Å². The first-order chi connectivity index (χ1) is 9.69. The minimum Gasteiger partial charge on any atom is -0.497 e. The van der Waals surface area contributed by atoms with Gasteiger partial charge in [0.25, 0.3) is 0 Å². The Balaban J connectivity index is 1.81. The molecule has 1 aromatic carbocycles. The third-order valence-electron chi connectivity index (χ3n) is 3.55. The van der Waals surface area contributed by atoms with Crippen LogP contribution in [0.25, 0.3) is 0 Å². The lowest BCUT2D eigenvalue weighted by atomic mass is 10.1. The number of furan rings is 1. The lowest BCUT2D eigenvalue weighted by Crippen LogP contribution is -2.29. The number of hydrogen-bond acceptors (Lipinski definition) is 3. The van der Waals surface area contributed by atoms with Crippen molar-refractivity contribution < 1.29 is 9.15 Å². The van der Waals surface area contributed by atoms with Crippen molar-refractivity contribution in [3.8, 4) is 5.75 Å². The van der Waals surface area contributed by atoms with E-state index in [0.29, 0.717) is 12.1 Å². The Labute approximate surface area is 121 Å². The fourth-order valence-corrected chi connectivity index (χ4v) is 2.31. The zero-order chi connectivity index (χ0) is 14.4. The van der Waals surface area contributed by atoms with Crippen molar-refractivity contribution in [1.29, 1.82) is 0 Å². The van der Waals surface area contributed by atoms with Gasteiger partial charge in [-0.3, -0.25) is 0 Å². The Kier molecular flexibility index (Phi) is 5.24. The molecule has 2 rings (SSSR count). The summed E-state index contributed by atoms with van der Waals surface area (Å²) in [4.78, 5) is 0. The number of hydrogen-bond donors (Lipinski definition) is 1. The zero-order valence-corrected chi connectivity index (χ0v) is 12.4. The first-order valence-corrected chi connectivity index (χ1v) is 7.11. The molecule has 2 atom stereocenters. The molecule has 0 aliphatic rings. The fourth-order valence-electron chi connectivity index (χ4n) is 2.31. The van der Waals surface area contributed by atoms with Crippen LogP contribution in [-0.4, -0.2) is 13.2 Å². The van der Waals surface area contributed by atoms with Crippen LogP contribution in [0.2, 0.25) is 0 Å². The molecule has 3 nitrogen and oxygen atoms in total. The second kappa shape index (κ2) is 7.15. The Hall–Kier alpha value is -1.74. The molecule has 1 aromatic heterocycles. The Morgan fingerprint density at radius 1 is 1.15 bits per heavy atom. The number of methoxy groups -OCH3 is 1. The van der Waals surface area contributed by atoms with E-state index in [0.717, 1.165) is 24.4 Å². The summed E-state index contributed by atoms with van der Waals surface area (Å²) in [6, 6.07) is 12.9. The maximum absolute atomic E-state index is 5.36.